The van der Waals surface area contributed by atoms with Crippen LogP contribution in [0.4, 0.5) is 0 Å². The van der Waals surface area contributed by atoms with Crippen LogP contribution in [-0.2, 0) is 13.0 Å². The molecule has 1 atom stereocenters. The molecule has 0 radical (unpaired) electrons. The summed E-state index contributed by atoms with van der Waals surface area (Å²) in [6, 6.07) is 14.5. The summed E-state index contributed by atoms with van der Waals surface area (Å²) in [5.74, 6) is 2.23. The second-order valence-electron chi connectivity index (χ2n) is 6.34. The van der Waals surface area contributed by atoms with Crippen LogP contribution < -0.4 is 0 Å². The molecule has 0 aliphatic rings. The highest BCUT2D eigenvalue weighted by molar-refractivity contribution is 5.80. The van der Waals surface area contributed by atoms with E-state index in [1.54, 1.807) is 0 Å². The topological polar surface area (TPSA) is 59.6 Å². The van der Waals surface area contributed by atoms with Gasteiger partial charge in [-0.2, -0.15) is 0 Å². The molecule has 0 unspecified atom stereocenters. The molecule has 0 amide bonds. The zero-order valence-electron chi connectivity index (χ0n) is 13.9. The normalized spacial score (nSPS) is 12.8. The smallest absolute Gasteiger partial charge is 0.107 e. The van der Waals surface area contributed by atoms with Gasteiger partial charge >= 0.3 is 0 Å². The molecule has 0 saturated carbocycles. The van der Waals surface area contributed by atoms with Gasteiger partial charge in [0.15, 0.2) is 0 Å². The third kappa shape index (κ3) is 2.97. The maximum absolute atomic E-state index is 5.69. The van der Waals surface area contributed by atoms with Crippen molar-refractivity contribution in [3.63, 3.8) is 0 Å². The third-order valence-electron chi connectivity index (χ3n) is 4.27. The lowest BCUT2D eigenvalue weighted by Gasteiger charge is -2.05. The fraction of sp³-hybridized carbons (Fsp3) is 0.263. The van der Waals surface area contributed by atoms with E-state index < -0.39 is 0 Å². The van der Waals surface area contributed by atoms with Crippen molar-refractivity contribution in [3.05, 3.63) is 71.6 Å². The summed E-state index contributed by atoms with van der Waals surface area (Å²) in [5.41, 5.74) is 3.25. The minimum atomic E-state index is 0.289. The van der Waals surface area contributed by atoms with Crippen LogP contribution in [0.1, 0.15) is 35.7 Å². The molecular formula is C19H20N4O. The van der Waals surface area contributed by atoms with Crippen LogP contribution in [0.5, 0.6) is 0 Å². The molecule has 3 heterocycles. The van der Waals surface area contributed by atoms with Crippen LogP contribution in [0.2, 0.25) is 0 Å². The Morgan fingerprint density at radius 3 is 2.88 bits per heavy atom. The molecule has 0 bridgehead atoms. The summed E-state index contributed by atoms with van der Waals surface area (Å²) in [6.07, 6.45) is 2.83. The van der Waals surface area contributed by atoms with Crippen molar-refractivity contribution in [1.29, 1.82) is 0 Å². The Kier molecular flexibility index (Phi) is 3.69. The molecule has 0 fully saturated rings. The van der Waals surface area contributed by atoms with Gasteiger partial charge in [-0.15, -0.1) is 5.10 Å². The average Bonchev–Trinajstić information content (AvgIpc) is 3.27. The van der Waals surface area contributed by atoms with Crippen molar-refractivity contribution < 1.29 is 4.42 Å². The number of nitrogens with one attached hydrogen (secondary N) is 1. The summed E-state index contributed by atoms with van der Waals surface area (Å²) < 4.78 is 7.57. The number of hydrogen-bond acceptors (Lipinski definition) is 3. The van der Waals surface area contributed by atoms with Crippen LogP contribution in [-0.4, -0.2) is 20.0 Å². The molecule has 3 aromatic heterocycles. The Hall–Kier alpha value is -2.82. The molecule has 122 valence electrons. The van der Waals surface area contributed by atoms with Crippen LogP contribution in [0.25, 0.3) is 10.9 Å². The zero-order chi connectivity index (χ0) is 16.5. The number of nitrogens with zero attached hydrogens (tertiary/aromatic N) is 3. The maximum Gasteiger partial charge on any atom is 0.107 e. The molecule has 0 spiro atoms. The van der Waals surface area contributed by atoms with E-state index in [0.29, 0.717) is 6.54 Å². The monoisotopic (exact) mass is 320 g/mol. The largest absolute Gasteiger partial charge is 0.466 e. The fourth-order valence-electron chi connectivity index (χ4n) is 3.04. The Morgan fingerprint density at radius 2 is 2.08 bits per heavy atom. The van der Waals surface area contributed by atoms with E-state index in [1.165, 1.54) is 5.39 Å². The van der Waals surface area contributed by atoms with Gasteiger partial charge in [0.25, 0.3) is 0 Å². The van der Waals surface area contributed by atoms with Crippen molar-refractivity contribution in [2.45, 2.75) is 32.7 Å². The minimum absolute atomic E-state index is 0.289. The molecule has 5 heteroatoms. The second kappa shape index (κ2) is 6.00. The quantitative estimate of drug-likeness (QED) is 0.603. The number of para-hydroxylation sites is 1. The fourth-order valence-corrected chi connectivity index (χ4v) is 3.04. The van der Waals surface area contributed by atoms with E-state index in [2.05, 4.69) is 40.4 Å². The highest BCUT2D eigenvalue weighted by Gasteiger charge is 2.13. The zero-order valence-corrected chi connectivity index (χ0v) is 13.9. The number of rotatable bonds is 5. The van der Waals surface area contributed by atoms with Crippen LogP contribution in [0, 0.1) is 6.92 Å². The van der Waals surface area contributed by atoms with Gasteiger partial charge in [0.05, 0.1) is 12.2 Å². The summed E-state index contributed by atoms with van der Waals surface area (Å²) in [6.45, 7) is 4.80. The first-order valence-corrected chi connectivity index (χ1v) is 8.19. The molecule has 0 aliphatic carbocycles. The molecule has 1 aromatic carbocycles. The van der Waals surface area contributed by atoms with Gasteiger partial charge in [0, 0.05) is 29.7 Å². The predicted molar refractivity (Wildman–Crippen MR) is 93.0 cm³/mol. The van der Waals surface area contributed by atoms with Gasteiger partial charge in [-0.1, -0.05) is 30.3 Å². The van der Waals surface area contributed by atoms with Crippen molar-refractivity contribution >= 4 is 10.9 Å². The SMILES string of the molecule is Cc1ccc([C@@H](C)Cc2cn(Cc3cc4ccccc4[nH]3)nn2)o1. The molecule has 0 aliphatic heterocycles. The van der Waals surface area contributed by atoms with Crippen LogP contribution >= 0.6 is 0 Å². The molecule has 1 N–H and O–H groups in total. The number of fused-ring (bicyclic) bond motifs is 1. The van der Waals surface area contributed by atoms with Gasteiger partial charge in [-0.05, 0) is 36.6 Å². The van der Waals surface area contributed by atoms with E-state index in [9.17, 15) is 0 Å². The first-order valence-electron chi connectivity index (χ1n) is 8.19. The van der Waals surface area contributed by atoms with E-state index in [4.69, 9.17) is 4.42 Å². The lowest BCUT2D eigenvalue weighted by Crippen LogP contribution is -2.00. The standard InChI is InChI=1S/C19H20N4O/c1-13(19-8-7-14(2)24-19)9-17-12-23(22-21-17)11-16-10-15-5-3-4-6-18(15)20-16/h3-8,10,12-13,20H,9,11H2,1-2H3/t13-/m0/s1. The predicted octanol–water partition coefficient (Wildman–Crippen LogP) is 4.06. The Labute approximate surface area is 140 Å². The minimum Gasteiger partial charge on any atom is -0.466 e. The van der Waals surface area contributed by atoms with E-state index >= 15 is 0 Å². The van der Waals surface area contributed by atoms with E-state index in [0.717, 1.165) is 34.8 Å². The number of aryl methyl sites for hydroxylation is 1. The molecule has 4 aromatic rings. The lowest BCUT2D eigenvalue weighted by atomic mass is 10.0. The summed E-state index contributed by atoms with van der Waals surface area (Å²) in [5, 5.41) is 9.76. The van der Waals surface area contributed by atoms with Crippen molar-refractivity contribution in [1.82, 2.24) is 20.0 Å². The Balaban J connectivity index is 1.46. The van der Waals surface area contributed by atoms with Crippen LogP contribution in [0.15, 0.2) is 53.1 Å². The summed E-state index contributed by atoms with van der Waals surface area (Å²) >= 11 is 0. The number of aromatic nitrogens is 4. The highest BCUT2D eigenvalue weighted by Crippen LogP contribution is 2.21. The summed E-state index contributed by atoms with van der Waals surface area (Å²) in [7, 11) is 0. The van der Waals surface area contributed by atoms with Gasteiger partial charge in [-0.3, -0.25) is 0 Å². The van der Waals surface area contributed by atoms with Gasteiger partial charge < -0.3 is 9.40 Å². The third-order valence-corrected chi connectivity index (χ3v) is 4.27. The van der Waals surface area contributed by atoms with E-state index in [-0.39, 0.29) is 5.92 Å². The van der Waals surface area contributed by atoms with Gasteiger partial charge in [-0.25, -0.2) is 4.68 Å². The first-order chi connectivity index (χ1) is 11.7. The number of aromatic amines is 1. The van der Waals surface area contributed by atoms with Gasteiger partial charge in [0.1, 0.15) is 11.5 Å². The van der Waals surface area contributed by atoms with Crippen LogP contribution in [0.3, 0.4) is 0 Å². The molecule has 4 rings (SSSR count). The summed E-state index contributed by atoms with van der Waals surface area (Å²) in [4.78, 5) is 3.42. The number of H-pyrrole nitrogens is 1. The molecule has 0 saturated heterocycles. The average molecular weight is 320 g/mol. The molecule has 5 nitrogen and oxygen atoms in total. The lowest BCUT2D eigenvalue weighted by molar-refractivity contribution is 0.450. The maximum atomic E-state index is 5.69. The van der Waals surface area contributed by atoms with Crippen molar-refractivity contribution in [2.24, 2.45) is 0 Å². The second-order valence-corrected chi connectivity index (χ2v) is 6.34. The van der Waals surface area contributed by atoms with E-state index in [1.807, 2.05) is 42.1 Å². The Morgan fingerprint density at radius 1 is 1.21 bits per heavy atom. The van der Waals surface area contributed by atoms with Gasteiger partial charge in [0.2, 0.25) is 0 Å². The van der Waals surface area contributed by atoms with Crippen molar-refractivity contribution in [2.75, 3.05) is 0 Å². The highest BCUT2D eigenvalue weighted by atomic mass is 16.3. The van der Waals surface area contributed by atoms with Crippen molar-refractivity contribution in [3.8, 4) is 0 Å². The Bertz CT molecular complexity index is 929. The number of benzene rings is 1. The molecular weight excluding hydrogens is 300 g/mol. The number of hydrogen-bond donors (Lipinski definition) is 1. The first kappa shape index (κ1) is 14.8. The molecule has 24 heavy (non-hydrogen) atoms. The number of furan rings is 1.